The van der Waals surface area contributed by atoms with E-state index in [1.54, 1.807) is 30.3 Å². The summed E-state index contributed by atoms with van der Waals surface area (Å²) in [6, 6.07) is 12.5. The first kappa shape index (κ1) is 14.8. The molecule has 0 aliphatic rings. The van der Waals surface area contributed by atoms with E-state index in [4.69, 9.17) is 16.0 Å². The molecular weight excluding hydrogens is 356 g/mol. The molecule has 0 saturated carbocycles. The number of oxazole rings is 1. The molecule has 126 valence electrons. The lowest BCUT2D eigenvalue weighted by Crippen LogP contribution is -1.98. The summed E-state index contributed by atoms with van der Waals surface area (Å²) in [5, 5.41) is 22.6. The topological polar surface area (TPSA) is 102 Å². The number of tetrazole rings is 1. The molecule has 0 unspecified atom stereocenters. The van der Waals surface area contributed by atoms with Gasteiger partial charge in [-0.1, -0.05) is 23.7 Å². The Balaban J connectivity index is 1.71. The third-order valence-corrected chi connectivity index (χ3v) is 4.13. The number of benzene rings is 2. The first-order chi connectivity index (χ1) is 12.7. The van der Waals surface area contributed by atoms with Crippen LogP contribution in [-0.4, -0.2) is 35.1 Å². The first-order valence-electron chi connectivity index (χ1n) is 7.63. The molecule has 0 amide bonds. The Labute approximate surface area is 150 Å². The fourth-order valence-electron chi connectivity index (χ4n) is 2.72. The largest absolute Gasteiger partial charge is 0.503 e. The van der Waals surface area contributed by atoms with Gasteiger partial charge in [-0.3, -0.25) is 0 Å². The van der Waals surface area contributed by atoms with Crippen LogP contribution in [0.2, 0.25) is 5.02 Å². The van der Waals surface area contributed by atoms with E-state index in [2.05, 4.69) is 25.5 Å². The van der Waals surface area contributed by atoms with Crippen LogP contribution < -0.4 is 0 Å². The van der Waals surface area contributed by atoms with Crippen LogP contribution in [0.4, 0.5) is 0 Å². The van der Waals surface area contributed by atoms with Gasteiger partial charge >= 0.3 is 0 Å². The average Bonchev–Trinajstić information content (AvgIpc) is 3.28. The summed E-state index contributed by atoms with van der Waals surface area (Å²) in [6.07, 6.45) is 1.41. The van der Waals surface area contributed by atoms with Gasteiger partial charge in [0.1, 0.15) is 11.2 Å². The number of para-hydroxylation sites is 2. The molecule has 0 radical (unpaired) electrons. The fourth-order valence-corrected chi connectivity index (χ4v) is 2.89. The molecule has 9 heteroatoms. The maximum absolute atomic E-state index is 10.5. The number of aliphatic hydroxyl groups excluding tert-OH is 1. The van der Waals surface area contributed by atoms with Crippen LogP contribution >= 0.6 is 11.6 Å². The van der Waals surface area contributed by atoms with Gasteiger partial charge in [0.15, 0.2) is 11.3 Å². The van der Waals surface area contributed by atoms with E-state index in [9.17, 15) is 5.11 Å². The highest BCUT2D eigenvalue weighted by atomic mass is 35.5. The van der Waals surface area contributed by atoms with E-state index in [0.29, 0.717) is 38.5 Å². The molecular formula is C17H9ClN6O2. The predicted octanol–water partition coefficient (Wildman–Crippen LogP) is 3.52. The van der Waals surface area contributed by atoms with Crippen molar-refractivity contribution in [3.63, 3.8) is 0 Å². The molecule has 0 aliphatic carbocycles. The van der Waals surface area contributed by atoms with Crippen molar-refractivity contribution >= 4 is 51.2 Å². The summed E-state index contributed by atoms with van der Waals surface area (Å²) in [7, 11) is 0. The van der Waals surface area contributed by atoms with Gasteiger partial charge in [-0.2, -0.15) is 4.52 Å². The number of aliphatic hydroxyl groups is 1. The van der Waals surface area contributed by atoms with Gasteiger partial charge in [0.05, 0.1) is 11.0 Å². The number of rotatable bonds is 2. The zero-order valence-electron chi connectivity index (χ0n) is 13.0. The van der Waals surface area contributed by atoms with E-state index in [-0.39, 0.29) is 11.6 Å². The summed E-state index contributed by atoms with van der Waals surface area (Å²) >= 11 is 6.05. The molecule has 2 aromatic carbocycles. The van der Waals surface area contributed by atoms with Crippen molar-refractivity contribution in [2.24, 2.45) is 0 Å². The van der Waals surface area contributed by atoms with Crippen LogP contribution in [0.15, 0.2) is 46.9 Å². The van der Waals surface area contributed by atoms with E-state index >= 15 is 0 Å². The lowest BCUT2D eigenvalue weighted by molar-refractivity contribution is 0.466. The minimum absolute atomic E-state index is 0.0878. The van der Waals surface area contributed by atoms with Crippen molar-refractivity contribution in [1.29, 1.82) is 0 Å². The number of fused-ring (bicyclic) bond motifs is 4. The van der Waals surface area contributed by atoms with Gasteiger partial charge in [0.25, 0.3) is 5.89 Å². The molecule has 0 saturated heterocycles. The molecule has 3 heterocycles. The highest BCUT2D eigenvalue weighted by Crippen LogP contribution is 2.24. The van der Waals surface area contributed by atoms with Crippen molar-refractivity contribution in [2.75, 3.05) is 0 Å². The van der Waals surface area contributed by atoms with Crippen LogP contribution in [0.3, 0.4) is 0 Å². The lowest BCUT2D eigenvalue weighted by atomic mass is 10.2. The summed E-state index contributed by atoms with van der Waals surface area (Å²) < 4.78 is 7.10. The molecule has 5 aromatic rings. The summed E-state index contributed by atoms with van der Waals surface area (Å²) in [6.45, 7) is 0. The number of nitrogens with zero attached hydrogens (tertiary/aromatic N) is 6. The standard InChI is InChI=1S/C17H9ClN6O2/c18-9-5-6-13-11(7-9)19-12(16-21-22-23-24(13)16)8-14(25)17-20-10-3-1-2-4-15(10)26-17/h1-8,25H/b14-8-. The number of aromatic nitrogens is 6. The molecule has 0 atom stereocenters. The zero-order valence-corrected chi connectivity index (χ0v) is 13.8. The zero-order chi connectivity index (χ0) is 17.7. The number of hydrogen-bond acceptors (Lipinski definition) is 7. The molecule has 0 spiro atoms. The molecule has 0 bridgehead atoms. The number of halogens is 1. The van der Waals surface area contributed by atoms with Crippen molar-refractivity contribution in [2.45, 2.75) is 0 Å². The Morgan fingerprint density at radius 3 is 2.88 bits per heavy atom. The van der Waals surface area contributed by atoms with Crippen molar-refractivity contribution in [3.05, 3.63) is 59.1 Å². The molecule has 0 aliphatic heterocycles. The Morgan fingerprint density at radius 1 is 1.12 bits per heavy atom. The minimum Gasteiger partial charge on any atom is -0.503 e. The molecule has 26 heavy (non-hydrogen) atoms. The SMILES string of the molecule is O/C(=C\c1nc2cc(Cl)ccc2n2nnnc12)c1nc2ccccc2o1. The van der Waals surface area contributed by atoms with E-state index in [1.165, 1.54) is 10.6 Å². The Bertz CT molecular complexity index is 1290. The van der Waals surface area contributed by atoms with Crippen molar-refractivity contribution in [3.8, 4) is 0 Å². The second-order valence-electron chi connectivity index (χ2n) is 5.56. The van der Waals surface area contributed by atoms with Crippen LogP contribution in [0.25, 0.3) is 39.6 Å². The fraction of sp³-hybridized carbons (Fsp3) is 0. The summed E-state index contributed by atoms with van der Waals surface area (Å²) in [5.74, 6) is -0.0928. The Kier molecular flexibility index (Phi) is 3.13. The molecule has 8 nitrogen and oxygen atoms in total. The Hall–Kier alpha value is -3.52. The first-order valence-corrected chi connectivity index (χ1v) is 8.01. The quantitative estimate of drug-likeness (QED) is 0.478. The third-order valence-electron chi connectivity index (χ3n) is 3.89. The van der Waals surface area contributed by atoms with Crippen molar-refractivity contribution < 1.29 is 9.52 Å². The second-order valence-corrected chi connectivity index (χ2v) is 6.00. The normalized spacial score (nSPS) is 12.4. The van der Waals surface area contributed by atoms with E-state index < -0.39 is 0 Å². The smallest absolute Gasteiger partial charge is 0.263 e. The van der Waals surface area contributed by atoms with Gasteiger partial charge in [-0.05, 0) is 40.8 Å². The predicted molar refractivity (Wildman–Crippen MR) is 95.6 cm³/mol. The van der Waals surface area contributed by atoms with Crippen molar-refractivity contribution in [1.82, 2.24) is 30.0 Å². The van der Waals surface area contributed by atoms with Crippen LogP contribution in [0, 0.1) is 0 Å². The monoisotopic (exact) mass is 364 g/mol. The highest BCUT2D eigenvalue weighted by Gasteiger charge is 2.14. The van der Waals surface area contributed by atoms with E-state index in [0.717, 1.165) is 0 Å². The van der Waals surface area contributed by atoms with Crippen LogP contribution in [-0.2, 0) is 0 Å². The maximum atomic E-state index is 10.5. The molecule has 3 aromatic heterocycles. The maximum Gasteiger partial charge on any atom is 0.263 e. The average molecular weight is 365 g/mol. The van der Waals surface area contributed by atoms with Gasteiger partial charge in [0, 0.05) is 11.1 Å². The second kappa shape index (κ2) is 5.50. The molecule has 5 rings (SSSR count). The van der Waals surface area contributed by atoms with Crippen LogP contribution in [0.5, 0.6) is 0 Å². The number of hydrogen-bond donors (Lipinski definition) is 1. The minimum atomic E-state index is -0.181. The van der Waals surface area contributed by atoms with Crippen LogP contribution in [0.1, 0.15) is 11.6 Å². The summed E-state index contributed by atoms with van der Waals surface area (Å²) in [4.78, 5) is 8.76. The molecule has 1 N–H and O–H groups in total. The highest BCUT2D eigenvalue weighted by molar-refractivity contribution is 6.31. The van der Waals surface area contributed by atoms with E-state index in [1.807, 2.05) is 12.1 Å². The van der Waals surface area contributed by atoms with Gasteiger partial charge < -0.3 is 9.52 Å². The van der Waals surface area contributed by atoms with Gasteiger partial charge in [-0.25, -0.2) is 9.97 Å². The van der Waals surface area contributed by atoms with Gasteiger partial charge in [0.2, 0.25) is 5.65 Å². The van der Waals surface area contributed by atoms with Gasteiger partial charge in [-0.15, -0.1) is 5.10 Å². The Morgan fingerprint density at radius 2 is 2.00 bits per heavy atom. The third kappa shape index (κ3) is 2.27. The lowest BCUT2D eigenvalue weighted by Gasteiger charge is -2.03. The summed E-state index contributed by atoms with van der Waals surface area (Å²) in [5.41, 5.74) is 3.28. The molecule has 0 fully saturated rings.